The zero-order valence-corrected chi connectivity index (χ0v) is 11.1. The number of fused-ring (bicyclic) bond motifs is 1. The van der Waals surface area contributed by atoms with Gasteiger partial charge in [0.1, 0.15) is 17.4 Å². The minimum Gasteiger partial charge on any atom is -0.459 e. The number of hydrogen-bond donors (Lipinski definition) is 1. The van der Waals surface area contributed by atoms with Crippen LogP contribution in [0.5, 0.6) is 0 Å². The van der Waals surface area contributed by atoms with Gasteiger partial charge in [0.25, 0.3) is 0 Å². The van der Waals surface area contributed by atoms with E-state index in [0.29, 0.717) is 0 Å². The molecule has 0 saturated heterocycles. The highest BCUT2D eigenvalue weighted by atomic mass is 16.3. The summed E-state index contributed by atoms with van der Waals surface area (Å²) < 4.78 is 7.65. The second-order valence-corrected chi connectivity index (χ2v) is 4.70. The SMILES string of the molecule is CCc1cc(C(N)c2cc3ccccc3o2)n(C)n1. The van der Waals surface area contributed by atoms with E-state index in [2.05, 4.69) is 12.0 Å². The smallest absolute Gasteiger partial charge is 0.134 e. The first-order valence-electron chi connectivity index (χ1n) is 6.46. The van der Waals surface area contributed by atoms with Gasteiger partial charge in [-0.25, -0.2) is 0 Å². The quantitative estimate of drug-likeness (QED) is 0.783. The molecule has 0 saturated carbocycles. The van der Waals surface area contributed by atoms with Crippen molar-refractivity contribution in [3.63, 3.8) is 0 Å². The molecule has 0 aliphatic rings. The molecule has 2 N–H and O–H groups in total. The van der Waals surface area contributed by atoms with E-state index in [9.17, 15) is 0 Å². The molecule has 0 aliphatic carbocycles. The monoisotopic (exact) mass is 255 g/mol. The Kier molecular flexibility index (Phi) is 2.87. The van der Waals surface area contributed by atoms with Crippen LogP contribution < -0.4 is 5.73 Å². The third-order valence-electron chi connectivity index (χ3n) is 3.40. The number of rotatable bonds is 3. The van der Waals surface area contributed by atoms with E-state index in [0.717, 1.165) is 34.5 Å². The molecule has 0 spiro atoms. The van der Waals surface area contributed by atoms with Gasteiger partial charge in [0.05, 0.1) is 11.4 Å². The van der Waals surface area contributed by atoms with Crippen LogP contribution in [-0.4, -0.2) is 9.78 Å². The summed E-state index contributed by atoms with van der Waals surface area (Å²) in [6.45, 7) is 2.08. The number of furan rings is 1. The predicted octanol–water partition coefficient (Wildman–Crippen LogP) is 2.78. The number of benzene rings is 1. The zero-order valence-electron chi connectivity index (χ0n) is 11.1. The Morgan fingerprint density at radius 1 is 1.32 bits per heavy atom. The predicted molar refractivity (Wildman–Crippen MR) is 74.8 cm³/mol. The van der Waals surface area contributed by atoms with E-state index in [1.54, 1.807) is 0 Å². The Hall–Kier alpha value is -2.07. The zero-order chi connectivity index (χ0) is 13.4. The van der Waals surface area contributed by atoms with Crippen molar-refractivity contribution in [2.45, 2.75) is 19.4 Å². The lowest BCUT2D eigenvalue weighted by Crippen LogP contribution is -2.15. The molecule has 0 amide bonds. The standard InChI is InChI=1S/C15H17N3O/c1-3-11-9-12(18(2)17-11)15(16)14-8-10-6-4-5-7-13(10)19-14/h4-9,15H,3,16H2,1-2H3. The van der Waals surface area contributed by atoms with Crippen molar-refractivity contribution in [3.05, 3.63) is 53.5 Å². The second-order valence-electron chi connectivity index (χ2n) is 4.70. The van der Waals surface area contributed by atoms with E-state index < -0.39 is 0 Å². The molecule has 2 heterocycles. The van der Waals surface area contributed by atoms with Gasteiger partial charge in [-0.05, 0) is 24.6 Å². The average Bonchev–Trinajstić information content (AvgIpc) is 3.01. The van der Waals surface area contributed by atoms with Crippen molar-refractivity contribution in [3.8, 4) is 0 Å². The molecule has 98 valence electrons. The van der Waals surface area contributed by atoms with Crippen molar-refractivity contribution in [2.75, 3.05) is 0 Å². The molecule has 1 unspecified atom stereocenters. The highest BCUT2D eigenvalue weighted by molar-refractivity contribution is 5.77. The van der Waals surface area contributed by atoms with Crippen LogP contribution in [0.15, 0.2) is 40.8 Å². The summed E-state index contributed by atoms with van der Waals surface area (Å²) in [4.78, 5) is 0. The van der Waals surface area contributed by atoms with Crippen LogP contribution in [0.4, 0.5) is 0 Å². The van der Waals surface area contributed by atoms with Crippen LogP contribution in [0.25, 0.3) is 11.0 Å². The van der Waals surface area contributed by atoms with Crippen molar-refractivity contribution in [1.82, 2.24) is 9.78 Å². The molecule has 3 rings (SSSR count). The largest absolute Gasteiger partial charge is 0.459 e. The first-order chi connectivity index (χ1) is 9.19. The lowest BCUT2D eigenvalue weighted by atomic mass is 10.1. The van der Waals surface area contributed by atoms with Crippen molar-refractivity contribution in [1.29, 1.82) is 0 Å². The summed E-state index contributed by atoms with van der Waals surface area (Å²) in [7, 11) is 1.91. The number of para-hydroxylation sites is 1. The normalized spacial score (nSPS) is 13.0. The lowest BCUT2D eigenvalue weighted by molar-refractivity contribution is 0.509. The molecule has 0 fully saturated rings. The van der Waals surface area contributed by atoms with Crippen molar-refractivity contribution >= 4 is 11.0 Å². The number of hydrogen-bond acceptors (Lipinski definition) is 3. The molecule has 4 nitrogen and oxygen atoms in total. The molecule has 1 atom stereocenters. The molecule has 0 aliphatic heterocycles. The van der Waals surface area contributed by atoms with Gasteiger partial charge in [0, 0.05) is 12.4 Å². The molecule has 1 aromatic carbocycles. The maximum atomic E-state index is 6.29. The Balaban J connectivity index is 2.02. The fraction of sp³-hybridized carbons (Fsp3) is 0.267. The summed E-state index contributed by atoms with van der Waals surface area (Å²) in [5.41, 5.74) is 9.17. The van der Waals surface area contributed by atoms with Gasteiger partial charge in [0.15, 0.2) is 0 Å². The highest BCUT2D eigenvalue weighted by Gasteiger charge is 2.18. The van der Waals surface area contributed by atoms with Crippen LogP contribution in [0.2, 0.25) is 0 Å². The van der Waals surface area contributed by atoms with Crippen LogP contribution in [0.3, 0.4) is 0 Å². The molecule has 0 radical (unpaired) electrons. The lowest BCUT2D eigenvalue weighted by Gasteiger charge is -2.08. The first-order valence-corrected chi connectivity index (χ1v) is 6.46. The summed E-state index contributed by atoms with van der Waals surface area (Å²) >= 11 is 0. The van der Waals surface area contributed by atoms with Crippen LogP contribution in [-0.2, 0) is 13.5 Å². The van der Waals surface area contributed by atoms with Crippen LogP contribution in [0.1, 0.15) is 30.1 Å². The molecule has 0 bridgehead atoms. The van der Waals surface area contributed by atoms with E-state index in [4.69, 9.17) is 10.2 Å². The molecular weight excluding hydrogens is 238 g/mol. The third-order valence-corrected chi connectivity index (χ3v) is 3.40. The van der Waals surface area contributed by atoms with Gasteiger partial charge in [-0.2, -0.15) is 5.10 Å². The average molecular weight is 255 g/mol. The summed E-state index contributed by atoms with van der Waals surface area (Å²) in [5, 5.41) is 5.50. The number of aryl methyl sites for hydroxylation is 2. The van der Waals surface area contributed by atoms with E-state index in [1.165, 1.54) is 0 Å². The van der Waals surface area contributed by atoms with Gasteiger partial charge in [0.2, 0.25) is 0 Å². The topological polar surface area (TPSA) is 57.0 Å². The van der Waals surface area contributed by atoms with E-state index in [1.807, 2.05) is 48.1 Å². The Labute approximate surface area is 111 Å². The van der Waals surface area contributed by atoms with Crippen LogP contribution >= 0.6 is 0 Å². The summed E-state index contributed by atoms with van der Waals surface area (Å²) in [6.07, 6.45) is 0.903. The van der Waals surface area contributed by atoms with Gasteiger partial charge >= 0.3 is 0 Å². The van der Waals surface area contributed by atoms with Crippen molar-refractivity contribution < 1.29 is 4.42 Å². The second kappa shape index (κ2) is 4.55. The Morgan fingerprint density at radius 3 is 2.79 bits per heavy atom. The molecule has 2 aromatic heterocycles. The molecule has 4 heteroatoms. The number of nitrogens with zero attached hydrogens (tertiary/aromatic N) is 2. The van der Waals surface area contributed by atoms with Gasteiger partial charge in [-0.15, -0.1) is 0 Å². The maximum Gasteiger partial charge on any atom is 0.134 e. The van der Waals surface area contributed by atoms with Gasteiger partial charge < -0.3 is 10.2 Å². The fourth-order valence-electron chi connectivity index (χ4n) is 2.31. The summed E-state index contributed by atoms with van der Waals surface area (Å²) in [5.74, 6) is 0.770. The van der Waals surface area contributed by atoms with E-state index >= 15 is 0 Å². The third kappa shape index (κ3) is 2.04. The number of aromatic nitrogens is 2. The number of nitrogens with two attached hydrogens (primary N) is 1. The van der Waals surface area contributed by atoms with Gasteiger partial charge in [-0.1, -0.05) is 25.1 Å². The molecular formula is C15H17N3O. The highest BCUT2D eigenvalue weighted by Crippen LogP contribution is 2.26. The fourth-order valence-corrected chi connectivity index (χ4v) is 2.31. The van der Waals surface area contributed by atoms with Crippen LogP contribution in [0, 0.1) is 0 Å². The van der Waals surface area contributed by atoms with Crippen molar-refractivity contribution in [2.24, 2.45) is 12.8 Å². The van der Waals surface area contributed by atoms with Gasteiger partial charge in [-0.3, -0.25) is 4.68 Å². The first kappa shape index (κ1) is 12.0. The minimum absolute atomic E-state index is 0.287. The molecule has 3 aromatic rings. The van der Waals surface area contributed by atoms with E-state index in [-0.39, 0.29) is 6.04 Å². The maximum absolute atomic E-state index is 6.29. The minimum atomic E-state index is -0.287. The summed E-state index contributed by atoms with van der Waals surface area (Å²) in [6, 6.07) is 11.7. The Bertz CT molecular complexity index is 678. The molecule has 19 heavy (non-hydrogen) atoms. The Morgan fingerprint density at radius 2 is 2.11 bits per heavy atom.